The first-order chi connectivity index (χ1) is 20.8. The molecule has 0 atom stereocenters. The van der Waals surface area contributed by atoms with Crippen LogP contribution in [-0.4, -0.2) is 44.7 Å². The monoisotopic (exact) mass is 610 g/mol. The SMILES string of the molecule is CC.COC.Cc1cccc2c(-c3c(C4CCC4)ccc(CN4CCC(F)(F)CC4)c3S)cccc12.NCC=C1CCC1. The largest absolute Gasteiger partial charge is 0.388 e. The number of methoxy groups -OCH3 is 1. The summed E-state index contributed by atoms with van der Waals surface area (Å²) in [7, 11) is 3.25. The predicted octanol–water partition coefficient (Wildman–Crippen LogP) is 9.95. The van der Waals surface area contributed by atoms with Crippen LogP contribution < -0.4 is 5.73 Å². The van der Waals surface area contributed by atoms with E-state index in [4.69, 9.17) is 18.4 Å². The number of rotatable bonds is 5. The molecular formula is C37H52F2N2OS. The zero-order chi connectivity index (χ0) is 31.4. The van der Waals surface area contributed by atoms with Gasteiger partial charge < -0.3 is 10.5 Å². The summed E-state index contributed by atoms with van der Waals surface area (Å²) >= 11 is 5.06. The zero-order valence-electron chi connectivity index (χ0n) is 26.9. The van der Waals surface area contributed by atoms with Crippen molar-refractivity contribution in [2.45, 2.75) is 95.4 Å². The zero-order valence-corrected chi connectivity index (χ0v) is 27.8. The second-order valence-electron chi connectivity index (χ2n) is 11.6. The van der Waals surface area contributed by atoms with Gasteiger partial charge in [0.2, 0.25) is 0 Å². The van der Waals surface area contributed by atoms with E-state index in [1.165, 1.54) is 71.6 Å². The summed E-state index contributed by atoms with van der Waals surface area (Å²) in [6, 6.07) is 17.5. The van der Waals surface area contributed by atoms with Gasteiger partial charge in [-0.05, 0) is 83.5 Å². The third-order valence-electron chi connectivity index (χ3n) is 8.63. The highest BCUT2D eigenvalue weighted by Crippen LogP contribution is 2.46. The normalized spacial score (nSPS) is 17.7. The first-order valence-electron chi connectivity index (χ1n) is 16.0. The number of fused-ring (bicyclic) bond motifs is 1. The van der Waals surface area contributed by atoms with Gasteiger partial charge in [-0.15, -0.1) is 12.6 Å². The third-order valence-corrected chi connectivity index (χ3v) is 9.14. The topological polar surface area (TPSA) is 38.5 Å². The molecule has 3 aliphatic rings. The molecule has 1 saturated heterocycles. The number of allylic oxidation sites excluding steroid dienone is 1. The molecule has 3 nitrogen and oxygen atoms in total. The summed E-state index contributed by atoms with van der Waals surface area (Å²) in [6.45, 7) is 8.44. The lowest BCUT2D eigenvalue weighted by Crippen LogP contribution is -2.38. The fraction of sp³-hybridized carbons (Fsp3) is 0.514. The number of hydrogen-bond donors (Lipinski definition) is 2. The summed E-state index contributed by atoms with van der Waals surface area (Å²) in [4.78, 5) is 3.16. The Labute approximate surface area is 264 Å². The Morgan fingerprint density at radius 2 is 1.58 bits per heavy atom. The standard InChI is InChI=1S/C27H29F2NS.C6H11N.C2H6O.C2H6/c1-18-5-2-9-23-21(18)8-4-10-24(23)25-22(19-6-3-7-19)12-11-20(26(25)31)17-30-15-13-27(28,29)14-16-30;7-5-4-6-2-1-3-6;1-3-2;1-2/h2,4-5,8-12,19,31H,3,6-7,13-17H2,1H3;4H,1-3,5,7H2;1-2H3;1-2H3. The van der Waals surface area contributed by atoms with E-state index in [0.29, 0.717) is 25.6 Å². The van der Waals surface area contributed by atoms with Crippen molar-refractivity contribution in [3.05, 3.63) is 76.9 Å². The van der Waals surface area contributed by atoms with Gasteiger partial charge in [0.05, 0.1) is 0 Å². The van der Waals surface area contributed by atoms with E-state index in [0.717, 1.165) is 17.0 Å². The van der Waals surface area contributed by atoms with Crippen molar-refractivity contribution in [1.82, 2.24) is 4.90 Å². The van der Waals surface area contributed by atoms with Crippen LogP contribution in [0.5, 0.6) is 0 Å². The Kier molecular flexibility index (Phi) is 14.2. The lowest BCUT2D eigenvalue weighted by atomic mass is 9.76. The molecule has 1 aliphatic heterocycles. The van der Waals surface area contributed by atoms with Crippen molar-refractivity contribution >= 4 is 23.4 Å². The number of hydrogen-bond acceptors (Lipinski definition) is 4. The fourth-order valence-electron chi connectivity index (χ4n) is 5.84. The van der Waals surface area contributed by atoms with E-state index in [-0.39, 0.29) is 12.8 Å². The summed E-state index contributed by atoms with van der Waals surface area (Å²) in [5.41, 5.74) is 13.1. The second-order valence-corrected chi connectivity index (χ2v) is 12.1. The minimum absolute atomic E-state index is 0.0511. The van der Waals surface area contributed by atoms with Crippen LogP contribution in [0.4, 0.5) is 8.78 Å². The molecule has 6 rings (SSSR count). The van der Waals surface area contributed by atoms with Crippen molar-refractivity contribution < 1.29 is 13.5 Å². The van der Waals surface area contributed by atoms with E-state index in [1.54, 1.807) is 19.8 Å². The van der Waals surface area contributed by atoms with E-state index in [9.17, 15) is 8.78 Å². The molecular weight excluding hydrogens is 558 g/mol. The van der Waals surface area contributed by atoms with Crippen molar-refractivity contribution in [3.8, 4) is 11.1 Å². The molecule has 3 aromatic carbocycles. The Hall–Kier alpha value is -2.25. The van der Waals surface area contributed by atoms with Crippen LogP contribution in [-0.2, 0) is 11.3 Å². The second kappa shape index (κ2) is 17.3. The Bertz CT molecular complexity index is 1320. The molecule has 0 amide bonds. The van der Waals surface area contributed by atoms with Gasteiger partial charge in [0, 0.05) is 58.1 Å². The molecule has 0 bridgehead atoms. The first-order valence-corrected chi connectivity index (χ1v) is 16.4. The Morgan fingerprint density at radius 3 is 2.12 bits per heavy atom. The Balaban J connectivity index is 0.000000358. The number of aryl methyl sites for hydroxylation is 1. The van der Waals surface area contributed by atoms with Gasteiger partial charge in [-0.25, -0.2) is 8.78 Å². The molecule has 0 spiro atoms. The molecule has 0 radical (unpaired) electrons. The lowest BCUT2D eigenvalue weighted by Gasteiger charge is -2.33. The van der Waals surface area contributed by atoms with Gasteiger partial charge in [-0.2, -0.15) is 0 Å². The van der Waals surface area contributed by atoms with Crippen LogP contribution in [0.3, 0.4) is 0 Å². The van der Waals surface area contributed by atoms with Gasteiger partial charge in [0.25, 0.3) is 5.92 Å². The van der Waals surface area contributed by atoms with Gasteiger partial charge in [-0.3, -0.25) is 4.90 Å². The van der Waals surface area contributed by atoms with Crippen molar-refractivity contribution in [3.63, 3.8) is 0 Å². The summed E-state index contributed by atoms with van der Waals surface area (Å²) < 4.78 is 31.5. The molecule has 2 N–H and O–H groups in total. The molecule has 43 heavy (non-hydrogen) atoms. The smallest absolute Gasteiger partial charge is 0.250 e. The van der Waals surface area contributed by atoms with Crippen molar-refractivity contribution in [1.29, 1.82) is 0 Å². The number of nitrogens with two attached hydrogens (primary N) is 1. The predicted molar refractivity (Wildman–Crippen MR) is 183 cm³/mol. The maximum absolute atomic E-state index is 13.6. The maximum Gasteiger partial charge on any atom is 0.250 e. The number of halogens is 2. The summed E-state index contributed by atoms with van der Waals surface area (Å²) in [5.74, 6) is -1.93. The molecule has 3 aromatic rings. The lowest BCUT2D eigenvalue weighted by molar-refractivity contribution is -0.0567. The van der Waals surface area contributed by atoms with Crippen LogP contribution in [0.15, 0.2) is 65.1 Å². The molecule has 1 heterocycles. The maximum atomic E-state index is 13.6. The summed E-state index contributed by atoms with van der Waals surface area (Å²) in [5, 5.41) is 2.53. The number of nitrogens with zero attached hydrogens (tertiary/aromatic N) is 1. The van der Waals surface area contributed by atoms with E-state index in [2.05, 4.69) is 71.2 Å². The van der Waals surface area contributed by atoms with E-state index in [1.807, 2.05) is 13.8 Å². The molecule has 3 fully saturated rings. The highest BCUT2D eigenvalue weighted by Gasteiger charge is 2.34. The highest BCUT2D eigenvalue weighted by molar-refractivity contribution is 7.80. The van der Waals surface area contributed by atoms with Crippen LogP contribution in [0.2, 0.25) is 0 Å². The minimum Gasteiger partial charge on any atom is -0.388 e. The van der Waals surface area contributed by atoms with E-state index >= 15 is 0 Å². The number of alkyl halides is 2. The van der Waals surface area contributed by atoms with Crippen LogP contribution >= 0.6 is 12.6 Å². The number of benzene rings is 3. The van der Waals surface area contributed by atoms with Crippen LogP contribution in [0.25, 0.3) is 21.9 Å². The van der Waals surface area contributed by atoms with Gasteiger partial charge >= 0.3 is 0 Å². The number of likely N-dealkylation sites (tertiary alicyclic amines) is 1. The molecule has 2 aliphatic carbocycles. The molecule has 6 heteroatoms. The van der Waals surface area contributed by atoms with Gasteiger partial charge in [0.15, 0.2) is 0 Å². The van der Waals surface area contributed by atoms with Gasteiger partial charge in [0.1, 0.15) is 0 Å². The average Bonchev–Trinajstić information content (AvgIpc) is 2.95. The Morgan fingerprint density at radius 1 is 0.953 bits per heavy atom. The number of ether oxygens (including phenoxy) is 1. The summed E-state index contributed by atoms with van der Waals surface area (Å²) in [6.07, 6.45) is 9.75. The van der Waals surface area contributed by atoms with Crippen LogP contribution in [0.1, 0.15) is 87.8 Å². The number of piperidine rings is 1. The quantitative estimate of drug-likeness (QED) is 0.223. The van der Waals surface area contributed by atoms with E-state index < -0.39 is 5.92 Å². The average molecular weight is 611 g/mol. The molecule has 0 aromatic heterocycles. The number of thiol groups is 1. The first kappa shape index (κ1) is 35.2. The third kappa shape index (κ3) is 9.37. The van der Waals surface area contributed by atoms with Crippen molar-refractivity contribution in [2.24, 2.45) is 5.73 Å². The molecule has 0 unspecified atom stereocenters. The van der Waals surface area contributed by atoms with Gasteiger partial charge in [-0.1, -0.05) is 80.4 Å². The minimum atomic E-state index is -2.51. The highest BCUT2D eigenvalue weighted by atomic mass is 32.1. The van der Waals surface area contributed by atoms with Crippen molar-refractivity contribution in [2.75, 3.05) is 33.9 Å². The molecule has 2 saturated carbocycles. The fourth-order valence-corrected chi connectivity index (χ4v) is 6.23. The molecule has 236 valence electrons. The van der Waals surface area contributed by atoms with Crippen LogP contribution in [0, 0.1) is 6.92 Å².